The van der Waals surface area contributed by atoms with Gasteiger partial charge in [-0.2, -0.15) is 0 Å². The number of carbonyl (C=O) groups excluding carboxylic acids is 2. The van der Waals surface area contributed by atoms with Crippen LogP contribution in [0.15, 0.2) is 48.5 Å². The van der Waals surface area contributed by atoms with E-state index in [-0.39, 0.29) is 13.0 Å². The second-order valence-electron chi connectivity index (χ2n) is 5.19. The van der Waals surface area contributed by atoms with Crippen LogP contribution in [0, 0.1) is 11.6 Å². The molecule has 1 N–H and O–H groups in total. The number of halogens is 2. The fraction of sp³-hybridized carbons (Fsp3) is 0.222. The molecule has 0 heterocycles. The maximum Gasteiger partial charge on any atom is 0.307 e. The van der Waals surface area contributed by atoms with Crippen LogP contribution in [-0.4, -0.2) is 25.6 Å². The Kier molecular flexibility index (Phi) is 6.45. The van der Waals surface area contributed by atoms with E-state index >= 15 is 0 Å². The van der Waals surface area contributed by atoms with Gasteiger partial charge >= 0.3 is 5.97 Å². The zero-order valence-electron chi connectivity index (χ0n) is 13.5. The molecule has 0 unspecified atom stereocenters. The summed E-state index contributed by atoms with van der Waals surface area (Å²) in [5.41, 5.74) is 0.557. The molecular weight excluding hydrogens is 332 g/mol. The predicted octanol–water partition coefficient (Wildman–Crippen LogP) is 2.76. The molecule has 0 radical (unpaired) electrons. The van der Waals surface area contributed by atoms with Gasteiger partial charge in [0.15, 0.2) is 6.61 Å². The molecule has 5 nitrogen and oxygen atoms in total. The fourth-order valence-corrected chi connectivity index (χ4v) is 2.11. The monoisotopic (exact) mass is 349 g/mol. The molecule has 7 heteroatoms. The number of hydrogen-bond donors (Lipinski definition) is 1. The van der Waals surface area contributed by atoms with E-state index in [0.29, 0.717) is 11.3 Å². The molecule has 0 aliphatic heterocycles. The fourth-order valence-electron chi connectivity index (χ4n) is 2.11. The molecule has 0 saturated carbocycles. The van der Waals surface area contributed by atoms with Crippen LogP contribution >= 0.6 is 0 Å². The Labute approximate surface area is 143 Å². The van der Waals surface area contributed by atoms with Crippen molar-refractivity contribution in [3.05, 3.63) is 65.7 Å². The quantitative estimate of drug-likeness (QED) is 0.781. The Morgan fingerprint density at radius 2 is 1.56 bits per heavy atom. The summed E-state index contributed by atoms with van der Waals surface area (Å²) in [6.07, 6.45) is -0.107. The molecule has 2 rings (SSSR count). The van der Waals surface area contributed by atoms with E-state index in [1.165, 1.54) is 55.6 Å². The van der Waals surface area contributed by atoms with Gasteiger partial charge in [0.05, 0.1) is 19.6 Å². The standard InChI is InChI=1S/C18H17F2NO4/c1-24-18(23)10-16(12-2-4-13(19)5-3-12)21-17(22)11-25-15-8-6-14(20)7-9-15/h2-9,16H,10-11H2,1H3,(H,21,22)/t16-/m1/s1. The lowest BCUT2D eigenvalue weighted by Gasteiger charge is -2.18. The molecule has 0 spiro atoms. The Morgan fingerprint density at radius 1 is 1.00 bits per heavy atom. The molecule has 0 aliphatic carbocycles. The molecule has 132 valence electrons. The first-order chi connectivity index (χ1) is 12.0. The maximum absolute atomic E-state index is 13.1. The number of nitrogens with one attached hydrogen (secondary N) is 1. The first-order valence-corrected chi connectivity index (χ1v) is 7.48. The van der Waals surface area contributed by atoms with Crippen LogP contribution in [0.5, 0.6) is 5.75 Å². The summed E-state index contributed by atoms with van der Waals surface area (Å²) in [5.74, 6) is -1.50. The number of hydrogen-bond acceptors (Lipinski definition) is 4. The zero-order valence-corrected chi connectivity index (χ0v) is 13.5. The van der Waals surface area contributed by atoms with Crippen molar-refractivity contribution in [3.63, 3.8) is 0 Å². The van der Waals surface area contributed by atoms with E-state index in [4.69, 9.17) is 4.74 Å². The van der Waals surface area contributed by atoms with Crippen LogP contribution in [0.2, 0.25) is 0 Å². The molecule has 0 fully saturated rings. The van der Waals surface area contributed by atoms with Crippen molar-refractivity contribution >= 4 is 11.9 Å². The minimum absolute atomic E-state index is 0.107. The topological polar surface area (TPSA) is 64.6 Å². The SMILES string of the molecule is COC(=O)C[C@@H](NC(=O)COc1ccc(F)cc1)c1ccc(F)cc1. The minimum atomic E-state index is -0.683. The third kappa shape index (κ3) is 5.87. The normalized spacial score (nSPS) is 11.5. The first-order valence-electron chi connectivity index (χ1n) is 7.48. The van der Waals surface area contributed by atoms with Crippen molar-refractivity contribution in [3.8, 4) is 5.75 Å². The maximum atomic E-state index is 13.1. The van der Waals surface area contributed by atoms with Crippen LogP contribution in [0.3, 0.4) is 0 Å². The van der Waals surface area contributed by atoms with Crippen molar-refractivity contribution in [2.24, 2.45) is 0 Å². The van der Waals surface area contributed by atoms with Gasteiger partial charge in [0.25, 0.3) is 5.91 Å². The smallest absolute Gasteiger partial charge is 0.307 e. The molecule has 1 atom stereocenters. The van der Waals surface area contributed by atoms with Gasteiger partial charge in [0, 0.05) is 0 Å². The number of esters is 1. The summed E-state index contributed by atoms with van der Waals surface area (Å²) >= 11 is 0. The zero-order chi connectivity index (χ0) is 18.2. The molecule has 2 aromatic rings. The highest BCUT2D eigenvalue weighted by atomic mass is 19.1. The number of rotatable bonds is 7. The van der Waals surface area contributed by atoms with Gasteiger partial charge in [-0.3, -0.25) is 9.59 Å². The van der Waals surface area contributed by atoms with Gasteiger partial charge in [-0.05, 0) is 42.0 Å². The molecule has 0 bridgehead atoms. The van der Waals surface area contributed by atoms with E-state index in [0.717, 1.165) is 0 Å². The third-order valence-corrected chi connectivity index (χ3v) is 3.39. The van der Waals surface area contributed by atoms with Crippen molar-refractivity contribution in [1.29, 1.82) is 0 Å². The van der Waals surface area contributed by atoms with Gasteiger partial charge in [-0.15, -0.1) is 0 Å². The summed E-state index contributed by atoms with van der Waals surface area (Å²) in [4.78, 5) is 23.6. The molecule has 2 aromatic carbocycles. The number of benzene rings is 2. The highest BCUT2D eigenvalue weighted by molar-refractivity contribution is 5.79. The lowest BCUT2D eigenvalue weighted by molar-refractivity contribution is -0.141. The Balaban J connectivity index is 1.99. The summed E-state index contributed by atoms with van der Waals surface area (Å²) in [6.45, 7) is -0.315. The van der Waals surface area contributed by atoms with E-state index in [9.17, 15) is 18.4 Å². The van der Waals surface area contributed by atoms with E-state index < -0.39 is 29.6 Å². The van der Waals surface area contributed by atoms with Crippen molar-refractivity contribution in [2.45, 2.75) is 12.5 Å². The van der Waals surface area contributed by atoms with Gasteiger partial charge in [-0.25, -0.2) is 8.78 Å². The van der Waals surface area contributed by atoms with E-state index in [1.54, 1.807) is 0 Å². The Bertz CT molecular complexity index is 717. The number of methoxy groups -OCH3 is 1. The average Bonchev–Trinajstić information content (AvgIpc) is 2.61. The highest BCUT2D eigenvalue weighted by Gasteiger charge is 2.19. The van der Waals surface area contributed by atoms with Gasteiger partial charge in [-0.1, -0.05) is 12.1 Å². The van der Waals surface area contributed by atoms with Gasteiger partial charge in [0.1, 0.15) is 17.4 Å². The third-order valence-electron chi connectivity index (χ3n) is 3.39. The minimum Gasteiger partial charge on any atom is -0.484 e. The van der Waals surface area contributed by atoms with Crippen molar-refractivity contribution in [1.82, 2.24) is 5.32 Å². The largest absolute Gasteiger partial charge is 0.484 e. The number of ether oxygens (including phenoxy) is 2. The number of amides is 1. The number of carbonyl (C=O) groups is 2. The molecule has 25 heavy (non-hydrogen) atoms. The molecular formula is C18H17F2NO4. The summed E-state index contributed by atoms with van der Waals surface area (Å²) < 4.78 is 35.7. The van der Waals surface area contributed by atoms with Gasteiger partial charge in [0.2, 0.25) is 0 Å². The van der Waals surface area contributed by atoms with E-state index in [2.05, 4.69) is 10.1 Å². The molecule has 0 aliphatic rings. The van der Waals surface area contributed by atoms with E-state index in [1.807, 2.05) is 0 Å². The highest BCUT2D eigenvalue weighted by Crippen LogP contribution is 2.18. The summed E-state index contributed by atoms with van der Waals surface area (Å²) in [6, 6.07) is 9.97. The second kappa shape index (κ2) is 8.77. The molecule has 0 saturated heterocycles. The molecule has 1 amide bonds. The van der Waals surface area contributed by atoms with Crippen LogP contribution in [0.4, 0.5) is 8.78 Å². The lowest BCUT2D eigenvalue weighted by Crippen LogP contribution is -2.34. The lowest BCUT2D eigenvalue weighted by atomic mass is 10.0. The van der Waals surface area contributed by atoms with Crippen LogP contribution in [-0.2, 0) is 14.3 Å². The average molecular weight is 349 g/mol. The summed E-state index contributed by atoms with van der Waals surface area (Å²) in [5, 5.41) is 2.64. The van der Waals surface area contributed by atoms with Crippen molar-refractivity contribution < 1.29 is 27.8 Å². The van der Waals surface area contributed by atoms with Crippen LogP contribution in [0.1, 0.15) is 18.0 Å². The Hall–Kier alpha value is -2.96. The molecule has 0 aromatic heterocycles. The second-order valence-corrected chi connectivity index (χ2v) is 5.19. The Morgan fingerprint density at radius 3 is 2.12 bits per heavy atom. The predicted molar refractivity (Wildman–Crippen MR) is 85.8 cm³/mol. The van der Waals surface area contributed by atoms with Crippen LogP contribution < -0.4 is 10.1 Å². The van der Waals surface area contributed by atoms with Crippen LogP contribution in [0.25, 0.3) is 0 Å². The van der Waals surface area contributed by atoms with Crippen molar-refractivity contribution in [2.75, 3.05) is 13.7 Å². The van der Waals surface area contributed by atoms with Gasteiger partial charge < -0.3 is 14.8 Å². The first kappa shape index (κ1) is 18.4. The summed E-state index contributed by atoms with van der Waals surface area (Å²) in [7, 11) is 1.24.